The van der Waals surface area contributed by atoms with E-state index < -0.39 is 0 Å². The largest absolute Gasteiger partial charge is 0.511 e. The molecule has 4 heteroatoms. The Hall–Kier alpha value is -1.78. The lowest BCUT2D eigenvalue weighted by Crippen LogP contribution is -2.23. The predicted molar refractivity (Wildman–Crippen MR) is 116 cm³/mol. The second-order valence-corrected chi connectivity index (χ2v) is 8.89. The summed E-state index contributed by atoms with van der Waals surface area (Å²) in [5.41, 5.74) is 10.3. The molecule has 1 unspecified atom stereocenters. The van der Waals surface area contributed by atoms with Gasteiger partial charge in [-0.05, 0) is 71.1 Å². The van der Waals surface area contributed by atoms with Crippen molar-refractivity contribution in [1.29, 1.82) is 0 Å². The Kier molecular flexibility index (Phi) is 7.51. The van der Waals surface area contributed by atoms with E-state index in [-0.39, 0.29) is 23.0 Å². The Labute approximate surface area is 166 Å². The van der Waals surface area contributed by atoms with Gasteiger partial charge in [-0.3, -0.25) is 0 Å². The Morgan fingerprint density at radius 3 is 2.44 bits per heavy atom. The molecule has 0 aromatic heterocycles. The van der Waals surface area contributed by atoms with Crippen LogP contribution in [0.4, 0.5) is 4.39 Å². The average Bonchev–Trinajstić information content (AvgIpc) is 2.61. The van der Waals surface area contributed by atoms with E-state index >= 15 is 0 Å². The Morgan fingerprint density at radius 2 is 1.85 bits per heavy atom. The molecular weight excluding hydrogens is 357 g/mol. The minimum Gasteiger partial charge on any atom is -0.511 e. The quantitative estimate of drug-likeness (QED) is 0.410. The van der Waals surface area contributed by atoms with E-state index in [0.717, 1.165) is 41.0 Å². The van der Waals surface area contributed by atoms with Gasteiger partial charge in [0.05, 0.1) is 6.04 Å². The van der Waals surface area contributed by atoms with Crippen LogP contribution in [0.2, 0.25) is 0 Å². The molecule has 2 aromatic carbocycles. The van der Waals surface area contributed by atoms with Crippen molar-refractivity contribution in [3.8, 4) is 11.1 Å². The fourth-order valence-corrected chi connectivity index (χ4v) is 4.28. The summed E-state index contributed by atoms with van der Waals surface area (Å²) in [6.07, 6.45) is 1.80. The summed E-state index contributed by atoms with van der Waals surface area (Å²) in [4.78, 5) is 0. The fourth-order valence-electron chi connectivity index (χ4n) is 3.00. The molecule has 0 radical (unpaired) electrons. The summed E-state index contributed by atoms with van der Waals surface area (Å²) in [6.45, 7) is 9.92. The number of rotatable bonds is 9. The molecule has 0 aliphatic carbocycles. The molecule has 0 aliphatic rings. The Bertz CT molecular complexity index is 770. The van der Waals surface area contributed by atoms with Crippen LogP contribution in [0.1, 0.15) is 37.8 Å². The van der Waals surface area contributed by atoms with Gasteiger partial charge < -0.3 is 10.8 Å². The van der Waals surface area contributed by atoms with Gasteiger partial charge in [0.15, 0.2) is 0 Å². The molecule has 0 saturated heterocycles. The summed E-state index contributed by atoms with van der Waals surface area (Å²) < 4.78 is 13.3. The number of thioether (sulfide) groups is 1. The minimum atomic E-state index is -0.326. The number of hydrogen-bond acceptors (Lipinski definition) is 3. The molecule has 2 nitrogen and oxygen atoms in total. The maximum atomic E-state index is 13.3. The molecule has 0 spiro atoms. The van der Waals surface area contributed by atoms with Crippen molar-refractivity contribution in [3.63, 3.8) is 0 Å². The van der Waals surface area contributed by atoms with Gasteiger partial charge in [-0.25, -0.2) is 4.39 Å². The zero-order valence-electron chi connectivity index (χ0n) is 16.5. The molecule has 0 saturated carbocycles. The molecule has 3 N–H and O–H groups in total. The van der Waals surface area contributed by atoms with Gasteiger partial charge in [0.1, 0.15) is 11.6 Å². The number of halogens is 1. The van der Waals surface area contributed by atoms with Crippen molar-refractivity contribution in [2.45, 2.75) is 45.1 Å². The first kappa shape index (κ1) is 21.5. The monoisotopic (exact) mass is 387 g/mol. The molecule has 0 amide bonds. The first-order chi connectivity index (χ1) is 12.7. The van der Waals surface area contributed by atoms with Gasteiger partial charge in [0.25, 0.3) is 0 Å². The number of aryl methyl sites for hydroxylation is 1. The van der Waals surface area contributed by atoms with Crippen LogP contribution in [0.3, 0.4) is 0 Å². The fraction of sp³-hybridized carbons (Fsp3) is 0.391. The Morgan fingerprint density at radius 1 is 1.19 bits per heavy atom. The highest BCUT2D eigenvalue weighted by atomic mass is 32.2. The van der Waals surface area contributed by atoms with Crippen molar-refractivity contribution in [1.82, 2.24) is 0 Å². The highest BCUT2D eigenvalue weighted by Gasteiger charge is 2.20. The van der Waals surface area contributed by atoms with Gasteiger partial charge in [0, 0.05) is 0 Å². The maximum Gasteiger partial charge on any atom is 0.123 e. The van der Waals surface area contributed by atoms with E-state index in [4.69, 9.17) is 5.73 Å². The number of benzene rings is 2. The molecule has 0 aliphatic heterocycles. The van der Waals surface area contributed by atoms with Crippen LogP contribution >= 0.6 is 11.8 Å². The highest BCUT2D eigenvalue weighted by molar-refractivity contribution is 7.99. The lowest BCUT2D eigenvalue weighted by molar-refractivity contribution is 0.367. The van der Waals surface area contributed by atoms with Crippen molar-refractivity contribution < 1.29 is 9.50 Å². The lowest BCUT2D eigenvalue weighted by Gasteiger charge is -2.25. The van der Waals surface area contributed by atoms with Crippen LogP contribution in [-0.4, -0.2) is 22.7 Å². The number of aliphatic hydroxyl groups excluding tert-OH is 1. The molecular formula is C23H30FNOS. The third kappa shape index (κ3) is 6.12. The zero-order chi connectivity index (χ0) is 20.0. The van der Waals surface area contributed by atoms with Gasteiger partial charge >= 0.3 is 0 Å². The van der Waals surface area contributed by atoms with Crippen LogP contribution in [-0.2, 0) is 5.41 Å². The van der Waals surface area contributed by atoms with Crippen molar-refractivity contribution in [2.24, 2.45) is 5.73 Å². The average molecular weight is 388 g/mol. The second-order valence-electron chi connectivity index (χ2n) is 7.67. The number of aliphatic hydroxyl groups is 1. The lowest BCUT2D eigenvalue weighted by atomic mass is 9.81. The van der Waals surface area contributed by atoms with Gasteiger partial charge in [-0.1, -0.05) is 50.8 Å². The van der Waals surface area contributed by atoms with Gasteiger partial charge in [0.2, 0.25) is 0 Å². The molecule has 0 fully saturated rings. The molecule has 0 bridgehead atoms. The molecule has 27 heavy (non-hydrogen) atoms. The summed E-state index contributed by atoms with van der Waals surface area (Å²) in [6, 6.07) is 13.2. The molecule has 2 aromatic rings. The second kappa shape index (κ2) is 9.43. The molecule has 2 rings (SSSR count). The third-order valence-corrected chi connectivity index (χ3v) is 6.06. The highest BCUT2D eigenvalue weighted by Crippen LogP contribution is 2.31. The van der Waals surface area contributed by atoms with E-state index in [0.29, 0.717) is 0 Å². The van der Waals surface area contributed by atoms with Crippen LogP contribution in [0.25, 0.3) is 11.1 Å². The first-order valence-corrected chi connectivity index (χ1v) is 10.4. The third-order valence-electron chi connectivity index (χ3n) is 5.04. The normalized spacial score (nSPS) is 12.8. The van der Waals surface area contributed by atoms with Crippen LogP contribution < -0.4 is 5.73 Å². The van der Waals surface area contributed by atoms with Crippen molar-refractivity contribution in [2.75, 3.05) is 11.5 Å². The summed E-state index contributed by atoms with van der Waals surface area (Å²) in [5.74, 6) is 1.82. The molecule has 146 valence electrons. The van der Waals surface area contributed by atoms with Crippen LogP contribution in [0.5, 0.6) is 0 Å². The molecule has 0 heterocycles. The van der Waals surface area contributed by atoms with E-state index in [2.05, 4.69) is 44.7 Å². The van der Waals surface area contributed by atoms with Crippen molar-refractivity contribution in [3.05, 3.63) is 71.7 Å². The predicted octanol–water partition coefficient (Wildman–Crippen LogP) is 5.99. The van der Waals surface area contributed by atoms with E-state index in [9.17, 15) is 9.50 Å². The Balaban J connectivity index is 1.93. The van der Waals surface area contributed by atoms with Crippen molar-refractivity contribution >= 4 is 11.8 Å². The summed E-state index contributed by atoms with van der Waals surface area (Å²) in [5, 5.41) is 9.24. The molecule has 1 atom stereocenters. The van der Waals surface area contributed by atoms with E-state index in [1.807, 2.05) is 24.8 Å². The summed E-state index contributed by atoms with van der Waals surface area (Å²) >= 11 is 1.86. The smallest absolute Gasteiger partial charge is 0.123 e. The van der Waals surface area contributed by atoms with Crippen LogP contribution in [0, 0.1) is 12.7 Å². The van der Waals surface area contributed by atoms with Gasteiger partial charge in [-0.2, -0.15) is 11.8 Å². The topological polar surface area (TPSA) is 46.2 Å². The summed E-state index contributed by atoms with van der Waals surface area (Å²) in [7, 11) is 0. The SMILES string of the molecule is C=C(O)C(N)CCSCCC(C)(C)c1ccc(-c2ccc(F)cc2C)cc1. The minimum absolute atomic E-state index is 0.0624. The number of nitrogens with two attached hydrogens (primary N) is 1. The standard InChI is InChI=1S/C23H30FNOS/c1-16-15-20(24)9-10-21(16)18-5-7-19(8-6-18)23(3,4)12-14-27-13-11-22(25)17(2)26/h5-10,15,22,26H,2,11-14,25H2,1,3-4H3. The maximum absolute atomic E-state index is 13.3. The zero-order valence-corrected chi connectivity index (χ0v) is 17.3. The van der Waals surface area contributed by atoms with Crippen LogP contribution in [0.15, 0.2) is 54.8 Å². The van der Waals surface area contributed by atoms with E-state index in [1.54, 1.807) is 6.07 Å². The van der Waals surface area contributed by atoms with E-state index in [1.165, 1.54) is 11.6 Å². The number of hydrogen-bond donors (Lipinski definition) is 2. The first-order valence-electron chi connectivity index (χ1n) is 9.29. The van der Waals surface area contributed by atoms with Gasteiger partial charge in [-0.15, -0.1) is 0 Å².